The first kappa shape index (κ1) is 18.2. The maximum Gasteiger partial charge on any atom is 0.224 e. The lowest BCUT2D eigenvalue weighted by Crippen LogP contribution is -2.25. The Morgan fingerprint density at radius 2 is 1.85 bits per heavy atom. The molecule has 0 heterocycles. The molecular formula is C14H22ClN3O2. The minimum atomic E-state index is -0.180. The maximum atomic E-state index is 11.7. The van der Waals surface area contributed by atoms with Gasteiger partial charge in [0.25, 0.3) is 0 Å². The number of carbonyl (C=O) groups is 2. The number of aryl methyl sites for hydroxylation is 1. The van der Waals surface area contributed by atoms with Gasteiger partial charge in [-0.3, -0.25) is 9.59 Å². The highest BCUT2D eigenvalue weighted by Gasteiger charge is 2.08. The van der Waals surface area contributed by atoms with Gasteiger partial charge in [0.2, 0.25) is 11.8 Å². The van der Waals surface area contributed by atoms with E-state index in [-0.39, 0.29) is 37.1 Å². The molecule has 0 spiro atoms. The summed E-state index contributed by atoms with van der Waals surface area (Å²) >= 11 is 0. The second kappa shape index (κ2) is 9.20. The van der Waals surface area contributed by atoms with Gasteiger partial charge in [-0.15, -0.1) is 12.4 Å². The average molecular weight is 300 g/mol. The van der Waals surface area contributed by atoms with Crippen molar-refractivity contribution in [2.75, 3.05) is 17.6 Å². The Labute approximate surface area is 125 Å². The summed E-state index contributed by atoms with van der Waals surface area (Å²) in [6.45, 7) is 4.52. The van der Waals surface area contributed by atoms with Crippen LogP contribution in [-0.4, -0.2) is 18.4 Å². The number of nitrogens with two attached hydrogens (primary N) is 1. The van der Waals surface area contributed by atoms with E-state index in [1.165, 1.54) is 0 Å². The third-order valence-electron chi connectivity index (χ3n) is 2.69. The molecule has 0 unspecified atom stereocenters. The molecular weight excluding hydrogens is 278 g/mol. The van der Waals surface area contributed by atoms with E-state index in [0.29, 0.717) is 17.9 Å². The molecule has 1 aromatic rings. The Morgan fingerprint density at radius 1 is 1.20 bits per heavy atom. The first-order valence-electron chi connectivity index (χ1n) is 6.45. The molecule has 0 aromatic heterocycles. The zero-order chi connectivity index (χ0) is 14.3. The summed E-state index contributed by atoms with van der Waals surface area (Å²) in [5.74, 6) is -0.276. The smallest absolute Gasteiger partial charge is 0.224 e. The third kappa shape index (κ3) is 6.43. The van der Waals surface area contributed by atoms with Gasteiger partial charge in [0.05, 0.1) is 0 Å². The molecule has 0 aliphatic heterocycles. The number of hydrogen-bond acceptors (Lipinski definition) is 3. The maximum absolute atomic E-state index is 11.7. The SMILES string of the molecule is CCCNC(=O)CCC(=O)Nc1cc(N)ccc1C.Cl. The molecule has 0 aliphatic carbocycles. The number of amides is 2. The van der Waals surface area contributed by atoms with Crippen molar-refractivity contribution in [3.63, 3.8) is 0 Å². The first-order valence-corrected chi connectivity index (χ1v) is 6.45. The Hall–Kier alpha value is -1.75. The van der Waals surface area contributed by atoms with Crippen molar-refractivity contribution in [3.05, 3.63) is 23.8 Å². The van der Waals surface area contributed by atoms with Crippen LogP contribution in [0.2, 0.25) is 0 Å². The van der Waals surface area contributed by atoms with Crippen molar-refractivity contribution in [2.45, 2.75) is 33.1 Å². The Kier molecular flexibility index (Phi) is 8.40. The summed E-state index contributed by atoms with van der Waals surface area (Å²) in [7, 11) is 0. The summed E-state index contributed by atoms with van der Waals surface area (Å²) in [5, 5.41) is 5.50. The Balaban J connectivity index is 0.00000361. The predicted octanol–water partition coefficient (Wildman–Crippen LogP) is 2.24. The molecule has 2 amide bonds. The van der Waals surface area contributed by atoms with Crippen molar-refractivity contribution in [1.82, 2.24) is 5.32 Å². The van der Waals surface area contributed by atoms with Gasteiger partial charge in [0.1, 0.15) is 0 Å². The predicted molar refractivity (Wildman–Crippen MR) is 84.0 cm³/mol. The topological polar surface area (TPSA) is 84.2 Å². The van der Waals surface area contributed by atoms with E-state index < -0.39 is 0 Å². The van der Waals surface area contributed by atoms with Gasteiger partial charge in [-0.05, 0) is 31.0 Å². The van der Waals surface area contributed by atoms with Gasteiger partial charge >= 0.3 is 0 Å². The minimum absolute atomic E-state index is 0. The van der Waals surface area contributed by atoms with Crippen LogP contribution in [0.1, 0.15) is 31.7 Å². The van der Waals surface area contributed by atoms with E-state index in [9.17, 15) is 9.59 Å². The van der Waals surface area contributed by atoms with Crippen LogP contribution in [0.5, 0.6) is 0 Å². The normalized spacial score (nSPS) is 9.50. The number of hydrogen-bond donors (Lipinski definition) is 3. The van der Waals surface area contributed by atoms with Crippen LogP contribution in [0.25, 0.3) is 0 Å². The zero-order valence-electron chi connectivity index (χ0n) is 11.9. The van der Waals surface area contributed by atoms with Crippen molar-refractivity contribution < 1.29 is 9.59 Å². The number of nitrogens with one attached hydrogen (secondary N) is 2. The van der Waals surface area contributed by atoms with E-state index in [1.54, 1.807) is 12.1 Å². The molecule has 6 heteroatoms. The Morgan fingerprint density at radius 3 is 2.50 bits per heavy atom. The lowest BCUT2D eigenvalue weighted by molar-refractivity contribution is -0.124. The standard InChI is InChI=1S/C14H21N3O2.ClH/c1-3-8-16-13(18)6-7-14(19)17-12-9-11(15)5-4-10(12)2;/h4-5,9H,3,6-8,15H2,1-2H3,(H,16,18)(H,17,19);1H. The third-order valence-corrected chi connectivity index (χ3v) is 2.69. The van der Waals surface area contributed by atoms with Gasteiger partial charge in [-0.2, -0.15) is 0 Å². The average Bonchev–Trinajstić information content (AvgIpc) is 2.38. The summed E-state index contributed by atoms with van der Waals surface area (Å²) in [6.07, 6.45) is 1.26. The molecule has 4 N–H and O–H groups in total. The Bertz CT molecular complexity index is 464. The van der Waals surface area contributed by atoms with Gasteiger partial charge < -0.3 is 16.4 Å². The van der Waals surface area contributed by atoms with Crippen molar-refractivity contribution in [3.8, 4) is 0 Å². The number of benzene rings is 1. The molecule has 0 radical (unpaired) electrons. The minimum Gasteiger partial charge on any atom is -0.399 e. The van der Waals surface area contributed by atoms with Crippen LogP contribution in [0.4, 0.5) is 11.4 Å². The molecule has 112 valence electrons. The molecule has 20 heavy (non-hydrogen) atoms. The number of anilines is 2. The van der Waals surface area contributed by atoms with E-state index in [4.69, 9.17) is 5.73 Å². The van der Waals surface area contributed by atoms with E-state index in [1.807, 2.05) is 19.9 Å². The second-order valence-electron chi connectivity index (χ2n) is 4.47. The highest BCUT2D eigenvalue weighted by atomic mass is 35.5. The fraction of sp³-hybridized carbons (Fsp3) is 0.429. The van der Waals surface area contributed by atoms with Gasteiger partial charge in [-0.25, -0.2) is 0 Å². The molecule has 1 rings (SSSR count). The van der Waals surface area contributed by atoms with Gasteiger partial charge in [0, 0.05) is 30.8 Å². The fourth-order valence-electron chi connectivity index (χ4n) is 1.57. The van der Waals surface area contributed by atoms with Gasteiger partial charge in [0.15, 0.2) is 0 Å². The summed E-state index contributed by atoms with van der Waals surface area (Å²) in [5.41, 5.74) is 7.90. The lowest BCUT2D eigenvalue weighted by atomic mass is 10.1. The number of carbonyl (C=O) groups excluding carboxylic acids is 2. The van der Waals surface area contributed by atoms with Crippen LogP contribution in [-0.2, 0) is 9.59 Å². The van der Waals surface area contributed by atoms with Crippen LogP contribution >= 0.6 is 12.4 Å². The lowest BCUT2D eigenvalue weighted by Gasteiger charge is -2.09. The number of halogens is 1. The largest absolute Gasteiger partial charge is 0.399 e. The van der Waals surface area contributed by atoms with E-state index >= 15 is 0 Å². The molecule has 0 bridgehead atoms. The van der Waals surface area contributed by atoms with Crippen molar-refractivity contribution >= 4 is 35.6 Å². The molecule has 0 aliphatic rings. The summed E-state index contributed by atoms with van der Waals surface area (Å²) < 4.78 is 0. The van der Waals surface area contributed by atoms with Crippen molar-refractivity contribution in [1.29, 1.82) is 0 Å². The number of rotatable bonds is 6. The molecule has 5 nitrogen and oxygen atoms in total. The summed E-state index contributed by atoms with van der Waals surface area (Å²) in [6, 6.07) is 5.34. The van der Waals surface area contributed by atoms with E-state index in [2.05, 4.69) is 10.6 Å². The highest BCUT2D eigenvalue weighted by molar-refractivity contribution is 5.94. The second-order valence-corrected chi connectivity index (χ2v) is 4.47. The zero-order valence-corrected chi connectivity index (χ0v) is 12.7. The number of nitrogen functional groups attached to an aromatic ring is 1. The molecule has 0 fully saturated rings. The fourth-order valence-corrected chi connectivity index (χ4v) is 1.57. The monoisotopic (exact) mass is 299 g/mol. The van der Waals surface area contributed by atoms with E-state index in [0.717, 1.165) is 12.0 Å². The highest BCUT2D eigenvalue weighted by Crippen LogP contribution is 2.18. The molecule has 0 saturated carbocycles. The first-order chi connectivity index (χ1) is 9.02. The molecule has 0 saturated heterocycles. The quantitative estimate of drug-likeness (QED) is 0.704. The van der Waals surface area contributed by atoms with Crippen LogP contribution in [0.3, 0.4) is 0 Å². The molecule has 0 atom stereocenters. The van der Waals surface area contributed by atoms with Crippen LogP contribution in [0, 0.1) is 6.92 Å². The molecule has 1 aromatic carbocycles. The summed E-state index contributed by atoms with van der Waals surface area (Å²) in [4.78, 5) is 23.1. The van der Waals surface area contributed by atoms with Gasteiger partial charge in [-0.1, -0.05) is 13.0 Å². The van der Waals surface area contributed by atoms with Crippen LogP contribution in [0.15, 0.2) is 18.2 Å². The van der Waals surface area contributed by atoms with Crippen molar-refractivity contribution in [2.24, 2.45) is 0 Å². The van der Waals surface area contributed by atoms with Crippen LogP contribution < -0.4 is 16.4 Å².